The molecule has 0 radical (unpaired) electrons. The fourth-order valence-electron chi connectivity index (χ4n) is 3.10. The molecule has 0 amide bonds. The molecule has 28 heavy (non-hydrogen) atoms. The number of alkyl halides is 3. The summed E-state index contributed by atoms with van der Waals surface area (Å²) in [6, 6.07) is 3.22. The smallest absolute Gasteiger partial charge is 0.416 e. The fourth-order valence-corrected chi connectivity index (χ4v) is 3.10. The van der Waals surface area contributed by atoms with E-state index >= 15 is 0 Å². The maximum atomic E-state index is 13.3. The van der Waals surface area contributed by atoms with Gasteiger partial charge in [-0.25, -0.2) is 14.8 Å². The highest BCUT2D eigenvalue weighted by molar-refractivity contribution is 6.06. The number of nitrogens with zero attached hydrogens (tertiary/aromatic N) is 2. The average molecular weight is 391 g/mol. The molecule has 9 heteroatoms. The lowest BCUT2D eigenvalue weighted by Crippen LogP contribution is -2.07. The molecule has 1 saturated carbocycles. The largest absolute Gasteiger partial charge is 0.493 e. The van der Waals surface area contributed by atoms with Crippen molar-refractivity contribution in [1.29, 1.82) is 0 Å². The minimum atomic E-state index is -4.53. The van der Waals surface area contributed by atoms with Gasteiger partial charge in [-0.05, 0) is 43.9 Å². The Labute approximate surface area is 157 Å². The molecule has 1 aliphatic carbocycles. The zero-order valence-electron chi connectivity index (χ0n) is 14.8. The molecule has 2 N–H and O–H groups in total. The summed E-state index contributed by atoms with van der Waals surface area (Å²) < 4.78 is 45.6. The maximum absolute atomic E-state index is 13.3. The van der Waals surface area contributed by atoms with Crippen LogP contribution >= 0.6 is 0 Å². The summed E-state index contributed by atoms with van der Waals surface area (Å²) in [7, 11) is 0. The number of hydrogen-bond donors (Lipinski definition) is 2. The van der Waals surface area contributed by atoms with Gasteiger partial charge in [0.15, 0.2) is 0 Å². The number of carbonyl (C=O) groups is 1. The Morgan fingerprint density at radius 1 is 1.32 bits per heavy atom. The third-order valence-electron chi connectivity index (χ3n) is 4.72. The van der Waals surface area contributed by atoms with E-state index < -0.39 is 17.7 Å². The predicted octanol–water partition coefficient (Wildman–Crippen LogP) is 4.44. The summed E-state index contributed by atoms with van der Waals surface area (Å²) >= 11 is 0. The Morgan fingerprint density at radius 3 is 2.71 bits per heavy atom. The number of benzene rings is 1. The standard InChI is InChI=1S/C19H16F3N3O3/c1-9-14(18(26)27)16-17(25-9)15(23-8-24-16)12-6-11(19(20,21)22)4-5-13(12)28-7-10-2-3-10/h4-6,8,10,25H,2-3,7H2,1H3,(H,26,27). The molecule has 1 aromatic carbocycles. The zero-order valence-corrected chi connectivity index (χ0v) is 14.8. The molecule has 0 spiro atoms. The maximum Gasteiger partial charge on any atom is 0.416 e. The average Bonchev–Trinajstić information content (AvgIpc) is 3.38. The van der Waals surface area contributed by atoms with E-state index in [9.17, 15) is 23.1 Å². The van der Waals surface area contributed by atoms with Crippen LogP contribution in [0.3, 0.4) is 0 Å². The Morgan fingerprint density at radius 2 is 2.07 bits per heavy atom. The minimum absolute atomic E-state index is 0.0360. The monoisotopic (exact) mass is 391 g/mol. The molecule has 0 atom stereocenters. The molecule has 0 unspecified atom stereocenters. The number of carboxylic acids is 1. The van der Waals surface area contributed by atoms with Gasteiger partial charge in [0.25, 0.3) is 0 Å². The van der Waals surface area contributed by atoms with Crippen LogP contribution in [-0.2, 0) is 6.18 Å². The normalized spacial score (nSPS) is 14.4. The molecular formula is C19H16F3N3O3. The summed E-state index contributed by atoms with van der Waals surface area (Å²) in [6.45, 7) is 1.97. The first-order valence-corrected chi connectivity index (χ1v) is 8.66. The number of H-pyrrole nitrogens is 1. The number of halogens is 3. The van der Waals surface area contributed by atoms with Crippen LogP contribution in [0.1, 0.15) is 34.5 Å². The second-order valence-electron chi connectivity index (χ2n) is 6.84. The highest BCUT2D eigenvalue weighted by atomic mass is 19.4. The third kappa shape index (κ3) is 3.28. The molecule has 146 valence electrons. The van der Waals surface area contributed by atoms with E-state index in [1.165, 1.54) is 6.07 Å². The van der Waals surface area contributed by atoms with Crippen LogP contribution in [0.5, 0.6) is 5.75 Å². The number of rotatable bonds is 5. The van der Waals surface area contributed by atoms with Gasteiger partial charge in [0, 0.05) is 11.3 Å². The van der Waals surface area contributed by atoms with Gasteiger partial charge >= 0.3 is 12.1 Å². The van der Waals surface area contributed by atoms with Gasteiger partial charge in [-0.1, -0.05) is 0 Å². The Hall–Kier alpha value is -3.10. The van der Waals surface area contributed by atoms with Crippen molar-refractivity contribution in [3.63, 3.8) is 0 Å². The number of aromatic nitrogens is 3. The van der Waals surface area contributed by atoms with Gasteiger partial charge in [0.2, 0.25) is 0 Å². The first-order valence-electron chi connectivity index (χ1n) is 8.66. The molecule has 6 nitrogen and oxygen atoms in total. The van der Waals surface area contributed by atoms with Crippen molar-refractivity contribution in [2.75, 3.05) is 6.61 Å². The third-order valence-corrected chi connectivity index (χ3v) is 4.72. The van der Waals surface area contributed by atoms with E-state index in [-0.39, 0.29) is 33.6 Å². The molecule has 4 rings (SSSR count). The molecule has 0 saturated heterocycles. The summed E-state index contributed by atoms with van der Waals surface area (Å²) in [5.41, 5.74) is 0.171. The summed E-state index contributed by atoms with van der Waals surface area (Å²) in [5.74, 6) is -0.501. The number of nitrogens with one attached hydrogen (secondary N) is 1. The summed E-state index contributed by atoms with van der Waals surface area (Å²) in [6.07, 6.45) is -1.33. The van der Waals surface area contributed by atoms with Crippen molar-refractivity contribution in [2.45, 2.75) is 25.9 Å². The van der Waals surface area contributed by atoms with E-state index in [0.29, 0.717) is 18.2 Å². The van der Waals surface area contributed by atoms with Gasteiger partial charge < -0.3 is 14.8 Å². The van der Waals surface area contributed by atoms with Crippen LogP contribution < -0.4 is 4.74 Å². The molecular weight excluding hydrogens is 375 g/mol. The fraction of sp³-hybridized carbons (Fsp3) is 0.316. The lowest BCUT2D eigenvalue weighted by molar-refractivity contribution is -0.137. The number of aromatic carboxylic acids is 1. The van der Waals surface area contributed by atoms with Crippen molar-refractivity contribution < 1.29 is 27.8 Å². The number of hydrogen-bond acceptors (Lipinski definition) is 4. The topological polar surface area (TPSA) is 88.1 Å². The minimum Gasteiger partial charge on any atom is -0.493 e. The zero-order chi connectivity index (χ0) is 20.1. The van der Waals surface area contributed by atoms with Crippen molar-refractivity contribution >= 4 is 17.0 Å². The number of fused-ring (bicyclic) bond motifs is 1. The number of aromatic amines is 1. The van der Waals surface area contributed by atoms with Gasteiger partial charge in [-0.2, -0.15) is 13.2 Å². The lowest BCUT2D eigenvalue weighted by atomic mass is 10.0. The Balaban J connectivity index is 1.91. The van der Waals surface area contributed by atoms with Crippen LogP contribution in [-0.4, -0.2) is 32.6 Å². The second kappa shape index (κ2) is 6.50. The number of ether oxygens (including phenoxy) is 1. The summed E-state index contributed by atoms with van der Waals surface area (Å²) in [4.78, 5) is 22.6. The number of aryl methyl sites for hydroxylation is 1. The van der Waals surface area contributed by atoms with E-state index in [1.807, 2.05) is 0 Å². The van der Waals surface area contributed by atoms with Crippen molar-refractivity contribution in [3.8, 4) is 17.0 Å². The van der Waals surface area contributed by atoms with Crippen molar-refractivity contribution in [1.82, 2.24) is 15.0 Å². The van der Waals surface area contributed by atoms with Gasteiger partial charge in [-0.3, -0.25) is 0 Å². The molecule has 0 bridgehead atoms. The molecule has 3 aromatic rings. The number of carboxylic acid groups (broad SMARTS) is 1. The second-order valence-corrected chi connectivity index (χ2v) is 6.84. The first kappa shape index (κ1) is 18.3. The summed E-state index contributed by atoms with van der Waals surface area (Å²) in [5, 5.41) is 9.42. The van der Waals surface area contributed by atoms with Crippen LogP contribution in [0, 0.1) is 12.8 Å². The van der Waals surface area contributed by atoms with Crippen LogP contribution in [0.25, 0.3) is 22.3 Å². The van der Waals surface area contributed by atoms with Crippen molar-refractivity contribution in [3.05, 3.63) is 41.3 Å². The van der Waals surface area contributed by atoms with Gasteiger partial charge in [0.05, 0.1) is 17.7 Å². The Bertz CT molecular complexity index is 1070. The van der Waals surface area contributed by atoms with Crippen LogP contribution in [0.4, 0.5) is 13.2 Å². The lowest BCUT2D eigenvalue weighted by Gasteiger charge is -2.14. The molecule has 1 fully saturated rings. The molecule has 0 aliphatic heterocycles. The van der Waals surface area contributed by atoms with Gasteiger partial charge in [0.1, 0.15) is 28.9 Å². The highest BCUT2D eigenvalue weighted by Crippen LogP contribution is 2.40. The Kier molecular flexibility index (Phi) is 4.24. The van der Waals surface area contributed by atoms with Gasteiger partial charge in [-0.15, -0.1) is 0 Å². The van der Waals surface area contributed by atoms with Crippen LogP contribution in [0.15, 0.2) is 24.5 Å². The molecule has 2 aromatic heterocycles. The van der Waals surface area contributed by atoms with E-state index in [0.717, 1.165) is 31.3 Å². The van der Waals surface area contributed by atoms with Crippen molar-refractivity contribution in [2.24, 2.45) is 5.92 Å². The van der Waals surface area contributed by atoms with E-state index in [4.69, 9.17) is 4.74 Å². The quantitative estimate of drug-likeness (QED) is 0.671. The van der Waals surface area contributed by atoms with Crippen LogP contribution in [0.2, 0.25) is 0 Å². The highest BCUT2D eigenvalue weighted by Gasteiger charge is 2.32. The van der Waals surface area contributed by atoms with E-state index in [2.05, 4.69) is 15.0 Å². The predicted molar refractivity (Wildman–Crippen MR) is 94.2 cm³/mol. The van der Waals surface area contributed by atoms with E-state index in [1.54, 1.807) is 6.92 Å². The first-order chi connectivity index (χ1) is 13.3. The SMILES string of the molecule is Cc1[nH]c2c(-c3cc(C(F)(F)F)ccc3OCC3CC3)ncnc2c1C(=O)O. The molecule has 2 heterocycles. The molecule has 1 aliphatic rings.